The number of hydrogen-bond donors (Lipinski definition) is 0. The maximum atomic E-state index is 13.2. The Morgan fingerprint density at radius 2 is 1.68 bits per heavy atom. The second-order valence-electron chi connectivity index (χ2n) is 6.38. The average molecular weight is 425 g/mol. The number of esters is 1. The molecule has 0 saturated carbocycles. The molecular formula is C21H26ClO5P. The Labute approximate surface area is 172 Å². The van der Waals surface area contributed by atoms with Gasteiger partial charge in [0.05, 0.1) is 33.4 Å². The Balaban J connectivity index is 0.00000190. The molecule has 0 amide bonds. The molecule has 2 aromatic carbocycles. The van der Waals surface area contributed by atoms with E-state index in [0.717, 1.165) is 6.42 Å². The quantitative estimate of drug-likeness (QED) is 0.262. The van der Waals surface area contributed by atoms with Crippen molar-refractivity contribution in [1.82, 2.24) is 0 Å². The van der Waals surface area contributed by atoms with Crippen molar-refractivity contribution in [3.05, 3.63) is 64.7 Å². The second-order valence-corrected chi connectivity index (χ2v) is 6.78. The van der Waals surface area contributed by atoms with Crippen molar-refractivity contribution in [3.63, 3.8) is 0 Å². The van der Waals surface area contributed by atoms with Gasteiger partial charge in [-0.2, -0.15) is 0 Å². The molecule has 2 rings (SSSR count). The van der Waals surface area contributed by atoms with Gasteiger partial charge in [0.25, 0.3) is 0 Å². The van der Waals surface area contributed by atoms with Crippen LogP contribution in [0.1, 0.15) is 42.1 Å². The fourth-order valence-corrected chi connectivity index (χ4v) is 2.84. The lowest BCUT2D eigenvalue weighted by Gasteiger charge is -2.18. The van der Waals surface area contributed by atoms with Gasteiger partial charge in [0.15, 0.2) is 5.78 Å². The molecule has 2 unspecified atom stereocenters. The molecule has 7 heteroatoms. The molecule has 0 aliphatic rings. The van der Waals surface area contributed by atoms with E-state index in [-0.39, 0.29) is 17.2 Å². The van der Waals surface area contributed by atoms with Crippen LogP contribution < -0.4 is 4.74 Å². The molecule has 0 fully saturated rings. The lowest BCUT2D eigenvalue weighted by molar-refractivity contribution is -0.144. The van der Waals surface area contributed by atoms with Crippen molar-refractivity contribution < 1.29 is 23.6 Å². The van der Waals surface area contributed by atoms with Crippen molar-refractivity contribution in [2.75, 3.05) is 13.7 Å². The van der Waals surface area contributed by atoms with Crippen LogP contribution in [0.5, 0.6) is 5.75 Å². The van der Waals surface area contributed by atoms with Gasteiger partial charge in [0.1, 0.15) is 11.7 Å². The van der Waals surface area contributed by atoms with Crippen molar-refractivity contribution in [2.24, 2.45) is 5.92 Å². The number of Topliss-reactive ketones (excluding diaryl/α,β-unsaturated/α-hetero) is 1. The first kappa shape index (κ1) is 23.9. The van der Waals surface area contributed by atoms with Crippen LogP contribution in [0, 0.1) is 5.92 Å². The lowest BCUT2D eigenvalue weighted by atomic mass is 9.90. The zero-order valence-corrected chi connectivity index (χ0v) is 18.5. The summed E-state index contributed by atoms with van der Waals surface area (Å²) >= 11 is 6.23. The predicted octanol–water partition coefficient (Wildman–Crippen LogP) is 4.84. The first-order valence-corrected chi connectivity index (χ1v) is 9.78. The first-order chi connectivity index (χ1) is 13.5. The summed E-state index contributed by atoms with van der Waals surface area (Å²) < 4.78 is 18.9. The van der Waals surface area contributed by atoms with Crippen LogP contribution >= 0.6 is 20.7 Å². The van der Waals surface area contributed by atoms with E-state index in [9.17, 15) is 9.59 Å². The zero-order valence-electron chi connectivity index (χ0n) is 16.3. The van der Waals surface area contributed by atoms with Gasteiger partial charge in [-0.05, 0) is 30.0 Å². The Hall–Kier alpha value is -2.10. The molecule has 0 bridgehead atoms. The largest absolute Gasteiger partial charge is 0.496 e. The summed E-state index contributed by atoms with van der Waals surface area (Å²) in [6.07, 6.45) is 0.733. The van der Waals surface area contributed by atoms with E-state index < -0.39 is 17.7 Å². The minimum Gasteiger partial charge on any atom is -0.496 e. The van der Waals surface area contributed by atoms with Crippen LogP contribution in [-0.2, 0) is 14.1 Å². The standard InChI is InChI=1S/C21H23ClO4.H3OP/c1-14(2)12-13-26-21(24)18(15-8-5-4-6-9-15)20(23)19-16(22)10-7-11-17(19)25-3;1-2/h4-11,14,18H,12-13H2,1-3H3;2H3. The number of ether oxygens (including phenoxy) is 2. The SMILES string of the molecule is COc1cccc(Cl)c1C(=O)C(C(=O)OCCC(C)C)c1ccccc1.O=[PH3]. The summed E-state index contributed by atoms with van der Waals surface area (Å²) in [5.74, 6) is -1.37. The first-order valence-electron chi connectivity index (χ1n) is 8.82. The van der Waals surface area contributed by atoms with E-state index in [2.05, 4.69) is 0 Å². The summed E-state index contributed by atoms with van der Waals surface area (Å²) in [5, 5.41) is 0.241. The van der Waals surface area contributed by atoms with Crippen molar-refractivity contribution in [1.29, 1.82) is 0 Å². The number of ketones is 1. The Bertz CT molecular complexity index is 780. The number of carbonyl (C=O) groups is 2. The number of hydrogen-bond acceptors (Lipinski definition) is 5. The van der Waals surface area contributed by atoms with E-state index in [1.807, 2.05) is 19.9 Å². The van der Waals surface area contributed by atoms with E-state index in [1.165, 1.54) is 7.11 Å². The molecule has 28 heavy (non-hydrogen) atoms. The molecule has 2 atom stereocenters. The topological polar surface area (TPSA) is 69.7 Å². The summed E-state index contributed by atoms with van der Waals surface area (Å²) in [4.78, 5) is 25.9. The van der Waals surface area contributed by atoms with Crippen molar-refractivity contribution in [2.45, 2.75) is 26.2 Å². The van der Waals surface area contributed by atoms with Crippen molar-refractivity contribution >= 4 is 32.5 Å². The van der Waals surface area contributed by atoms with Crippen molar-refractivity contribution in [3.8, 4) is 5.75 Å². The third-order valence-electron chi connectivity index (χ3n) is 4.01. The van der Waals surface area contributed by atoms with E-state index in [4.69, 9.17) is 25.6 Å². The molecule has 0 aromatic heterocycles. The molecule has 0 spiro atoms. The van der Waals surface area contributed by atoms with E-state index in [1.54, 1.807) is 42.5 Å². The highest BCUT2D eigenvalue weighted by molar-refractivity contribution is 7.00. The molecule has 5 nitrogen and oxygen atoms in total. The maximum absolute atomic E-state index is 13.2. The van der Waals surface area contributed by atoms with E-state index in [0.29, 0.717) is 26.4 Å². The third-order valence-corrected chi connectivity index (χ3v) is 4.33. The van der Waals surface area contributed by atoms with Gasteiger partial charge in [0.2, 0.25) is 0 Å². The number of benzene rings is 2. The summed E-state index contributed by atoms with van der Waals surface area (Å²) in [6.45, 7) is 4.36. The third kappa shape index (κ3) is 6.50. The van der Waals surface area contributed by atoms with Gasteiger partial charge in [-0.25, -0.2) is 0 Å². The highest BCUT2D eigenvalue weighted by atomic mass is 35.5. The molecule has 152 valence electrons. The van der Waals surface area contributed by atoms with Gasteiger partial charge in [-0.3, -0.25) is 9.59 Å². The van der Waals surface area contributed by atoms with Crippen LogP contribution in [-0.4, -0.2) is 25.5 Å². The molecular weight excluding hydrogens is 399 g/mol. The summed E-state index contributed by atoms with van der Waals surface area (Å²) in [6, 6.07) is 13.8. The van der Waals surface area contributed by atoms with Crippen LogP contribution in [0.3, 0.4) is 0 Å². The summed E-state index contributed by atoms with van der Waals surface area (Å²) in [7, 11) is 2.07. The maximum Gasteiger partial charge on any atom is 0.321 e. The molecule has 0 aliphatic carbocycles. The normalized spacial score (nSPS) is 11.3. The Morgan fingerprint density at radius 1 is 1.04 bits per heavy atom. The smallest absolute Gasteiger partial charge is 0.321 e. The van der Waals surface area contributed by atoms with Gasteiger partial charge >= 0.3 is 5.97 Å². The molecule has 0 N–H and O–H groups in total. The minimum atomic E-state index is -1.09. The molecule has 0 heterocycles. The Kier molecular flexibility index (Phi) is 10.6. The monoisotopic (exact) mass is 424 g/mol. The minimum absolute atomic E-state index is 0.186. The second kappa shape index (κ2) is 12.4. The zero-order chi connectivity index (χ0) is 21.1. The highest BCUT2D eigenvalue weighted by Gasteiger charge is 2.33. The number of carbonyl (C=O) groups excluding carboxylic acids is 2. The predicted molar refractivity (Wildman–Crippen MR) is 114 cm³/mol. The van der Waals surface area contributed by atoms with Gasteiger partial charge < -0.3 is 14.0 Å². The number of rotatable bonds is 8. The van der Waals surface area contributed by atoms with Crippen LogP contribution in [0.15, 0.2) is 48.5 Å². The van der Waals surface area contributed by atoms with E-state index >= 15 is 0 Å². The fourth-order valence-electron chi connectivity index (χ4n) is 2.58. The van der Waals surface area contributed by atoms with Crippen LogP contribution in [0.25, 0.3) is 0 Å². The van der Waals surface area contributed by atoms with Crippen LogP contribution in [0.2, 0.25) is 5.02 Å². The van der Waals surface area contributed by atoms with Crippen LogP contribution in [0.4, 0.5) is 0 Å². The fraction of sp³-hybridized carbons (Fsp3) is 0.333. The summed E-state index contributed by atoms with van der Waals surface area (Å²) in [5.41, 5.74) is 0.750. The average Bonchev–Trinajstić information content (AvgIpc) is 2.69. The molecule has 2 aromatic rings. The highest BCUT2D eigenvalue weighted by Crippen LogP contribution is 2.32. The van der Waals surface area contributed by atoms with Gasteiger partial charge in [0, 0.05) is 0 Å². The molecule has 0 radical (unpaired) electrons. The lowest BCUT2D eigenvalue weighted by Crippen LogP contribution is -2.25. The van der Waals surface area contributed by atoms with Gasteiger partial charge in [-0.1, -0.05) is 61.8 Å². The molecule has 0 saturated heterocycles. The number of halogens is 1. The Morgan fingerprint density at radius 3 is 2.25 bits per heavy atom. The van der Waals surface area contributed by atoms with Gasteiger partial charge in [-0.15, -0.1) is 0 Å². The number of methoxy groups -OCH3 is 1. The molecule has 0 aliphatic heterocycles.